The standard InChI is InChI=1S/C13H15F2NO/c14-10-1-2-12(15)11(8-10)13(17)7-9-3-5-16-6-4-9/h1-2,8-9,16H,3-7H2. The third-order valence-corrected chi connectivity index (χ3v) is 3.16. The van der Waals surface area contributed by atoms with Gasteiger partial charge in [0.05, 0.1) is 5.56 Å². The number of piperidine rings is 1. The first-order valence-corrected chi connectivity index (χ1v) is 5.86. The van der Waals surface area contributed by atoms with Gasteiger partial charge >= 0.3 is 0 Å². The summed E-state index contributed by atoms with van der Waals surface area (Å²) in [5, 5.41) is 3.20. The van der Waals surface area contributed by atoms with Crippen LogP contribution in [0.25, 0.3) is 0 Å². The maximum absolute atomic E-state index is 13.4. The lowest BCUT2D eigenvalue weighted by molar-refractivity contribution is 0.0948. The Labute approximate surface area is 99.0 Å². The van der Waals surface area contributed by atoms with E-state index in [9.17, 15) is 13.6 Å². The van der Waals surface area contributed by atoms with Gasteiger partial charge in [-0.2, -0.15) is 0 Å². The van der Waals surface area contributed by atoms with Gasteiger partial charge in [0.15, 0.2) is 5.78 Å². The molecule has 0 aromatic heterocycles. The van der Waals surface area contributed by atoms with E-state index in [4.69, 9.17) is 0 Å². The molecule has 2 nitrogen and oxygen atoms in total. The molecule has 0 spiro atoms. The molecule has 4 heteroatoms. The maximum atomic E-state index is 13.4. The van der Waals surface area contributed by atoms with Crippen LogP contribution in [0, 0.1) is 17.6 Å². The van der Waals surface area contributed by atoms with Gasteiger partial charge in [-0.3, -0.25) is 4.79 Å². The first kappa shape index (κ1) is 12.2. The van der Waals surface area contributed by atoms with Crippen molar-refractivity contribution in [3.63, 3.8) is 0 Å². The number of hydrogen-bond acceptors (Lipinski definition) is 2. The van der Waals surface area contributed by atoms with Crippen molar-refractivity contribution in [1.82, 2.24) is 5.32 Å². The highest BCUT2D eigenvalue weighted by Crippen LogP contribution is 2.20. The van der Waals surface area contributed by atoms with E-state index in [1.54, 1.807) is 0 Å². The lowest BCUT2D eigenvalue weighted by Gasteiger charge is -2.21. The van der Waals surface area contributed by atoms with Gasteiger partial charge in [0.2, 0.25) is 0 Å². The lowest BCUT2D eigenvalue weighted by atomic mass is 9.90. The molecule has 0 unspecified atom stereocenters. The highest BCUT2D eigenvalue weighted by atomic mass is 19.1. The summed E-state index contributed by atoms with van der Waals surface area (Å²) in [5.41, 5.74) is -0.122. The Morgan fingerprint density at radius 3 is 2.71 bits per heavy atom. The Balaban J connectivity index is 2.05. The summed E-state index contributed by atoms with van der Waals surface area (Å²) in [6, 6.07) is 3.01. The van der Waals surface area contributed by atoms with Crippen LogP contribution < -0.4 is 5.32 Å². The van der Waals surface area contributed by atoms with Crippen molar-refractivity contribution >= 4 is 5.78 Å². The first-order valence-electron chi connectivity index (χ1n) is 5.86. The number of Topliss-reactive ketones (excluding diaryl/α,β-unsaturated/α-hetero) is 1. The van der Waals surface area contributed by atoms with Crippen LogP contribution in [0.1, 0.15) is 29.6 Å². The molecule has 0 bridgehead atoms. The molecule has 17 heavy (non-hydrogen) atoms. The maximum Gasteiger partial charge on any atom is 0.166 e. The molecule has 0 atom stereocenters. The van der Waals surface area contributed by atoms with E-state index >= 15 is 0 Å². The van der Waals surface area contributed by atoms with E-state index in [0.29, 0.717) is 6.42 Å². The number of halogens is 2. The quantitative estimate of drug-likeness (QED) is 0.821. The van der Waals surface area contributed by atoms with Gasteiger partial charge in [-0.1, -0.05) is 0 Å². The van der Waals surface area contributed by atoms with Gasteiger partial charge in [0.1, 0.15) is 11.6 Å². The topological polar surface area (TPSA) is 29.1 Å². The molecule has 2 rings (SSSR count). The van der Waals surface area contributed by atoms with Crippen LogP contribution >= 0.6 is 0 Å². The smallest absolute Gasteiger partial charge is 0.166 e. The van der Waals surface area contributed by atoms with Gasteiger partial charge in [-0.25, -0.2) is 8.78 Å². The van der Waals surface area contributed by atoms with E-state index in [0.717, 1.165) is 44.1 Å². The molecule has 0 radical (unpaired) electrons. The zero-order chi connectivity index (χ0) is 12.3. The Hall–Kier alpha value is -1.29. The molecule has 1 saturated heterocycles. The molecule has 0 amide bonds. The third-order valence-electron chi connectivity index (χ3n) is 3.16. The van der Waals surface area contributed by atoms with E-state index < -0.39 is 11.6 Å². The van der Waals surface area contributed by atoms with Crippen LogP contribution in [0.5, 0.6) is 0 Å². The number of ketones is 1. The molecular formula is C13H15F2NO. The summed E-state index contributed by atoms with van der Waals surface area (Å²) < 4.78 is 26.3. The van der Waals surface area contributed by atoms with Gasteiger partial charge in [0, 0.05) is 6.42 Å². The van der Waals surface area contributed by atoms with Crippen LogP contribution in [0.15, 0.2) is 18.2 Å². The Bertz CT molecular complexity index is 414. The number of carbonyl (C=O) groups is 1. The first-order chi connectivity index (χ1) is 8.16. The molecule has 1 aromatic rings. The number of rotatable bonds is 3. The van der Waals surface area contributed by atoms with Crippen molar-refractivity contribution in [1.29, 1.82) is 0 Å². The van der Waals surface area contributed by atoms with Crippen LogP contribution in [0.2, 0.25) is 0 Å². The van der Waals surface area contributed by atoms with Crippen molar-refractivity contribution in [2.45, 2.75) is 19.3 Å². The zero-order valence-corrected chi connectivity index (χ0v) is 9.51. The summed E-state index contributed by atoms with van der Waals surface area (Å²) in [4.78, 5) is 11.9. The molecule has 92 valence electrons. The van der Waals surface area contributed by atoms with Crippen molar-refractivity contribution < 1.29 is 13.6 Å². The summed E-state index contributed by atoms with van der Waals surface area (Å²) in [6.45, 7) is 1.78. The van der Waals surface area contributed by atoms with Crippen LogP contribution in [0.4, 0.5) is 8.78 Å². The molecule has 0 aliphatic carbocycles. The van der Waals surface area contributed by atoms with E-state index in [2.05, 4.69) is 5.32 Å². The van der Waals surface area contributed by atoms with Crippen LogP contribution in [-0.2, 0) is 0 Å². The largest absolute Gasteiger partial charge is 0.317 e. The molecule has 1 N–H and O–H groups in total. The third kappa shape index (κ3) is 3.09. The van der Waals surface area contributed by atoms with Gasteiger partial charge in [-0.05, 0) is 50.0 Å². The lowest BCUT2D eigenvalue weighted by Crippen LogP contribution is -2.29. The summed E-state index contributed by atoms with van der Waals surface area (Å²) >= 11 is 0. The van der Waals surface area contributed by atoms with Crippen molar-refractivity contribution in [3.8, 4) is 0 Å². The van der Waals surface area contributed by atoms with E-state index in [1.165, 1.54) is 0 Å². The SMILES string of the molecule is O=C(CC1CCNCC1)c1cc(F)ccc1F. The minimum atomic E-state index is -0.634. The summed E-state index contributed by atoms with van der Waals surface area (Å²) in [5.74, 6) is -1.22. The van der Waals surface area contributed by atoms with Gasteiger partial charge < -0.3 is 5.32 Å². The highest BCUT2D eigenvalue weighted by molar-refractivity contribution is 5.96. The van der Waals surface area contributed by atoms with Gasteiger partial charge in [0.25, 0.3) is 0 Å². The fourth-order valence-electron chi connectivity index (χ4n) is 2.17. The Kier molecular flexibility index (Phi) is 3.84. The van der Waals surface area contributed by atoms with Crippen molar-refractivity contribution in [2.24, 2.45) is 5.92 Å². The second-order valence-electron chi connectivity index (χ2n) is 4.44. The van der Waals surface area contributed by atoms with Crippen LogP contribution in [0.3, 0.4) is 0 Å². The highest BCUT2D eigenvalue weighted by Gasteiger charge is 2.20. The average Bonchev–Trinajstić information content (AvgIpc) is 2.33. The molecule has 1 fully saturated rings. The second kappa shape index (κ2) is 5.36. The zero-order valence-electron chi connectivity index (χ0n) is 9.51. The molecule has 1 aliphatic heterocycles. The predicted molar refractivity (Wildman–Crippen MR) is 60.9 cm³/mol. The number of benzene rings is 1. The summed E-state index contributed by atoms with van der Waals surface area (Å²) in [6.07, 6.45) is 2.15. The summed E-state index contributed by atoms with van der Waals surface area (Å²) in [7, 11) is 0. The van der Waals surface area contributed by atoms with E-state index in [1.807, 2.05) is 0 Å². The normalized spacial score (nSPS) is 17.1. The average molecular weight is 239 g/mol. The van der Waals surface area contributed by atoms with Gasteiger partial charge in [-0.15, -0.1) is 0 Å². The number of hydrogen-bond donors (Lipinski definition) is 1. The van der Waals surface area contributed by atoms with E-state index in [-0.39, 0.29) is 17.3 Å². The fourth-order valence-corrected chi connectivity index (χ4v) is 2.17. The van der Waals surface area contributed by atoms with Crippen LogP contribution in [-0.4, -0.2) is 18.9 Å². The number of carbonyl (C=O) groups excluding carboxylic acids is 1. The molecular weight excluding hydrogens is 224 g/mol. The van der Waals surface area contributed by atoms with Crippen molar-refractivity contribution in [3.05, 3.63) is 35.4 Å². The molecule has 1 heterocycles. The minimum absolute atomic E-state index is 0.122. The number of nitrogens with one attached hydrogen (secondary N) is 1. The molecule has 0 saturated carbocycles. The fraction of sp³-hybridized carbons (Fsp3) is 0.462. The Morgan fingerprint density at radius 1 is 1.29 bits per heavy atom. The molecule has 1 aliphatic rings. The molecule has 1 aromatic carbocycles. The Morgan fingerprint density at radius 2 is 2.00 bits per heavy atom. The predicted octanol–water partition coefficient (Wildman–Crippen LogP) is 2.54. The monoisotopic (exact) mass is 239 g/mol. The van der Waals surface area contributed by atoms with Crippen molar-refractivity contribution in [2.75, 3.05) is 13.1 Å². The minimum Gasteiger partial charge on any atom is -0.317 e. The second-order valence-corrected chi connectivity index (χ2v) is 4.44.